The molecular weight excluding hydrogens is 248 g/mol. The van der Waals surface area contributed by atoms with Gasteiger partial charge in [-0.2, -0.15) is 0 Å². The van der Waals surface area contributed by atoms with E-state index >= 15 is 0 Å². The molecule has 0 bridgehead atoms. The number of urea groups is 1. The molecule has 3 atom stereocenters. The van der Waals surface area contributed by atoms with Crippen molar-refractivity contribution in [1.29, 1.82) is 0 Å². The summed E-state index contributed by atoms with van der Waals surface area (Å²) in [6.45, 7) is 6.62. The highest BCUT2D eigenvalue weighted by Gasteiger charge is 2.29. The number of β-amino-alcohol motifs (C(OH)–C–C–N with tert-alkyl or cyclic N) is 1. The van der Waals surface area contributed by atoms with Gasteiger partial charge >= 0.3 is 12.0 Å². The third kappa shape index (κ3) is 4.70. The number of carboxylic acids is 1. The minimum atomic E-state index is -0.925. The lowest BCUT2D eigenvalue weighted by molar-refractivity contribution is -0.137. The molecule has 0 aromatic heterocycles. The largest absolute Gasteiger partial charge is 0.481 e. The molecule has 3 N–H and O–H groups in total. The number of rotatable bonds is 4. The van der Waals surface area contributed by atoms with Crippen LogP contribution in [-0.2, 0) is 4.79 Å². The summed E-state index contributed by atoms with van der Waals surface area (Å²) in [4.78, 5) is 24.4. The predicted molar refractivity (Wildman–Crippen MR) is 70.8 cm³/mol. The van der Waals surface area contributed by atoms with Gasteiger partial charge < -0.3 is 20.4 Å². The van der Waals surface area contributed by atoms with E-state index < -0.39 is 12.1 Å². The standard InChI is InChI=1S/C13H24N2O4/c1-8(2)10(6-12(17)18)14-13(19)15-5-4-9(3)11(16)7-15/h8-11,16H,4-7H2,1-3H3,(H,14,19)(H,17,18). The summed E-state index contributed by atoms with van der Waals surface area (Å²) in [5.74, 6) is -0.677. The van der Waals surface area contributed by atoms with Crippen LogP contribution in [-0.4, -0.2) is 52.3 Å². The summed E-state index contributed by atoms with van der Waals surface area (Å²) in [5, 5.41) is 21.3. The van der Waals surface area contributed by atoms with Gasteiger partial charge in [0.15, 0.2) is 0 Å². The van der Waals surface area contributed by atoms with Gasteiger partial charge in [0.05, 0.1) is 12.5 Å². The number of aliphatic hydroxyl groups excluding tert-OH is 1. The Labute approximate surface area is 113 Å². The van der Waals surface area contributed by atoms with Gasteiger partial charge in [-0.1, -0.05) is 20.8 Å². The van der Waals surface area contributed by atoms with E-state index in [-0.39, 0.29) is 30.3 Å². The Bertz CT molecular complexity index is 333. The topological polar surface area (TPSA) is 89.9 Å². The van der Waals surface area contributed by atoms with Crippen molar-refractivity contribution < 1.29 is 19.8 Å². The van der Waals surface area contributed by atoms with Crippen molar-refractivity contribution in [3.05, 3.63) is 0 Å². The monoisotopic (exact) mass is 272 g/mol. The van der Waals surface area contributed by atoms with Crippen LogP contribution < -0.4 is 5.32 Å². The van der Waals surface area contributed by atoms with E-state index in [1.165, 1.54) is 0 Å². The van der Waals surface area contributed by atoms with Crippen molar-refractivity contribution in [3.63, 3.8) is 0 Å². The number of nitrogens with one attached hydrogen (secondary N) is 1. The maximum Gasteiger partial charge on any atom is 0.317 e. The molecule has 0 aliphatic carbocycles. The molecule has 1 heterocycles. The van der Waals surface area contributed by atoms with Crippen molar-refractivity contribution in [3.8, 4) is 0 Å². The average molecular weight is 272 g/mol. The summed E-state index contributed by atoms with van der Waals surface area (Å²) in [5.41, 5.74) is 0. The van der Waals surface area contributed by atoms with E-state index in [1.54, 1.807) is 4.90 Å². The molecule has 2 amide bonds. The predicted octanol–water partition coefficient (Wildman–Crippen LogP) is 0.898. The Morgan fingerprint density at radius 2 is 2.05 bits per heavy atom. The quantitative estimate of drug-likeness (QED) is 0.709. The summed E-state index contributed by atoms with van der Waals surface area (Å²) < 4.78 is 0. The molecule has 110 valence electrons. The van der Waals surface area contributed by atoms with Gasteiger partial charge in [0, 0.05) is 19.1 Å². The second kappa shape index (κ2) is 6.75. The minimum Gasteiger partial charge on any atom is -0.481 e. The number of nitrogens with zero attached hydrogens (tertiary/aromatic N) is 1. The van der Waals surface area contributed by atoms with Crippen LogP contribution in [0.4, 0.5) is 4.79 Å². The normalized spacial score (nSPS) is 25.2. The van der Waals surface area contributed by atoms with Crippen LogP contribution in [0.5, 0.6) is 0 Å². The van der Waals surface area contributed by atoms with Gasteiger partial charge in [-0.15, -0.1) is 0 Å². The van der Waals surface area contributed by atoms with Gasteiger partial charge in [0.25, 0.3) is 0 Å². The van der Waals surface area contributed by atoms with Gasteiger partial charge in [-0.05, 0) is 18.3 Å². The molecule has 1 aliphatic heterocycles. The Hall–Kier alpha value is -1.30. The highest BCUT2D eigenvalue weighted by atomic mass is 16.4. The molecule has 0 saturated carbocycles. The maximum atomic E-state index is 12.1. The highest BCUT2D eigenvalue weighted by molar-refractivity contribution is 5.76. The second-order valence-electron chi connectivity index (χ2n) is 5.68. The van der Waals surface area contributed by atoms with E-state index in [2.05, 4.69) is 5.32 Å². The van der Waals surface area contributed by atoms with Crippen LogP contribution >= 0.6 is 0 Å². The number of carbonyl (C=O) groups excluding carboxylic acids is 1. The van der Waals surface area contributed by atoms with E-state index in [0.717, 1.165) is 6.42 Å². The molecule has 1 aliphatic rings. The van der Waals surface area contributed by atoms with Crippen molar-refractivity contribution in [2.75, 3.05) is 13.1 Å². The fraction of sp³-hybridized carbons (Fsp3) is 0.846. The summed E-state index contributed by atoms with van der Waals surface area (Å²) in [6.07, 6.45) is 0.173. The number of carbonyl (C=O) groups is 2. The number of aliphatic carboxylic acids is 1. The lowest BCUT2D eigenvalue weighted by atomic mass is 9.96. The van der Waals surface area contributed by atoms with Crippen LogP contribution in [0.25, 0.3) is 0 Å². The second-order valence-corrected chi connectivity index (χ2v) is 5.68. The summed E-state index contributed by atoms with van der Waals surface area (Å²) in [7, 11) is 0. The lowest BCUT2D eigenvalue weighted by Gasteiger charge is -2.35. The highest BCUT2D eigenvalue weighted by Crippen LogP contribution is 2.17. The first-order valence-corrected chi connectivity index (χ1v) is 6.76. The Morgan fingerprint density at radius 1 is 1.42 bits per heavy atom. The first kappa shape index (κ1) is 15.8. The maximum absolute atomic E-state index is 12.1. The number of likely N-dealkylation sites (tertiary alicyclic amines) is 1. The Balaban J connectivity index is 2.54. The molecule has 1 saturated heterocycles. The van der Waals surface area contributed by atoms with Crippen LogP contribution in [0.2, 0.25) is 0 Å². The number of carboxylic acid groups (broad SMARTS) is 1. The fourth-order valence-electron chi connectivity index (χ4n) is 2.12. The van der Waals surface area contributed by atoms with Gasteiger partial charge in [-0.25, -0.2) is 4.79 Å². The van der Waals surface area contributed by atoms with E-state index in [9.17, 15) is 14.7 Å². The number of aliphatic hydroxyl groups is 1. The summed E-state index contributed by atoms with van der Waals surface area (Å²) >= 11 is 0. The van der Waals surface area contributed by atoms with Crippen LogP contribution in [0.1, 0.15) is 33.6 Å². The zero-order chi connectivity index (χ0) is 14.6. The van der Waals surface area contributed by atoms with Crippen molar-refractivity contribution in [1.82, 2.24) is 10.2 Å². The molecule has 0 radical (unpaired) electrons. The lowest BCUT2D eigenvalue weighted by Crippen LogP contribution is -2.53. The number of hydrogen-bond donors (Lipinski definition) is 3. The zero-order valence-corrected chi connectivity index (χ0v) is 11.8. The minimum absolute atomic E-state index is 0.0497. The van der Waals surface area contributed by atoms with Crippen molar-refractivity contribution >= 4 is 12.0 Å². The molecule has 6 nitrogen and oxygen atoms in total. The molecule has 19 heavy (non-hydrogen) atoms. The number of hydrogen-bond acceptors (Lipinski definition) is 3. The molecule has 1 rings (SSSR count). The van der Waals surface area contributed by atoms with Crippen molar-refractivity contribution in [2.45, 2.75) is 45.8 Å². The SMILES string of the molecule is CC(C)C(CC(=O)O)NC(=O)N1CCC(C)C(O)C1. The van der Waals surface area contributed by atoms with Gasteiger partial charge in [0.1, 0.15) is 0 Å². The third-order valence-electron chi connectivity index (χ3n) is 3.71. The molecule has 0 spiro atoms. The molecule has 0 aromatic rings. The molecule has 6 heteroatoms. The van der Waals surface area contributed by atoms with Gasteiger partial charge in [0.2, 0.25) is 0 Å². The van der Waals surface area contributed by atoms with Gasteiger partial charge in [-0.3, -0.25) is 4.79 Å². The fourth-order valence-corrected chi connectivity index (χ4v) is 2.12. The molecular formula is C13H24N2O4. The Morgan fingerprint density at radius 3 is 2.53 bits per heavy atom. The van der Waals surface area contributed by atoms with Crippen LogP contribution in [0.15, 0.2) is 0 Å². The number of amides is 2. The van der Waals surface area contributed by atoms with E-state index in [4.69, 9.17) is 5.11 Å². The first-order valence-electron chi connectivity index (χ1n) is 6.76. The first-order chi connectivity index (χ1) is 8.81. The Kier molecular flexibility index (Phi) is 5.60. The smallest absolute Gasteiger partial charge is 0.317 e. The third-order valence-corrected chi connectivity index (χ3v) is 3.71. The molecule has 1 fully saturated rings. The van der Waals surface area contributed by atoms with E-state index in [1.807, 2.05) is 20.8 Å². The van der Waals surface area contributed by atoms with Crippen LogP contribution in [0, 0.1) is 11.8 Å². The number of piperidine rings is 1. The van der Waals surface area contributed by atoms with Crippen molar-refractivity contribution in [2.24, 2.45) is 11.8 Å². The zero-order valence-electron chi connectivity index (χ0n) is 11.8. The average Bonchev–Trinajstić information content (AvgIpc) is 2.31. The van der Waals surface area contributed by atoms with Crippen LogP contribution in [0.3, 0.4) is 0 Å². The molecule has 3 unspecified atom stereocenters. The molecule has 0 aromatic carbocycles. The van der Waals surface area contributed by atoms with E-state index in [0.29, 0.717) is 13.1 Å². The summed E-state index contributed by atoms with van der Waals surface area (Å²) in [6, 6.07) is -0.674.